The molecule has 2 rings (SSSR count). The molecule has 1 saturated carbocycles. The molecule has 4 nitrogen and oxygen atoms in total. The minimum Gasteiger partial charge on any atom is -0.479 e. The molecule has 2 unspecified atom stereocenters. The van der Waals surface area contributed by atoms with E-state index in [-0.39, 0.29) is 6.61 Å². The van der Waals surface area contributed by atoms with Crippen molar-refractivity contribution in [1.29, 1.82) is 5.26 Å². The molecule has 1 aliphatic rings. The molecular weight excluding hydrogens is 226 g/mol. The van der Waals surface area contributed by atoms with Crippen LogP contribution < -0.4 is 15.8 Å². The first-order chi connectivity index (χ1) is 8.83. The second-order valence-electron chi connectivity index (χ2n) is 4.65. The molecule has 18 heavy (non-hydrogen) atoms. The van der Waals surface area contributed by atoms with Crippen molar-refractivity contribution in [3.8, 4) is 11.8 Å². The Morgan fingerprint density at radius 2 is 2.33 bits per heavy atom. The first kappa shape index (κ1) is 12.7. The molecule has 1 aromatic carbocycles. The summed E-state index contributed by atoms with van der Waals surface area (Å²) in [6, 6.07) is 10.2. The largest absolute Gasteiger partial charge is 0.479 e. The Labute approximate surface area is 108 Å². The smallest absolute Gasteiger partial charge is 0.174 e. The van der Waals surface area contributed by atoms with Crippen LogP contribution >= 0.6 is 0 Å². The van der Waals surface area contributed by atoms with Crippen LogP contribution in [0.1, 0.15) is 19.3 Å². The van der Waals surface area contributed by atoms with E-state index in [9.17, 15) is 0 Å². The summed E-state index contributed by atoms with van der Waals surface area (Å²) < 4.78 is 5.29. The van der Waals surface area contributed by atoms with Crippen molar-refractivity contribution in [2.75, 3.05) is 18.5 Å². The van der Waals surface area contributed by atoms with Crippen LogP contribution in [0.3, 0.4) is 0 Å². The minimum absolute atomic E-state index is 0.0817. The zero-order valence-corrected chi connectivity index (χ0v) is 10.4. The van der Waals surface area contributed by atoms with Gasteiger partial charge in [0, 0.05) is 17.8 Å². The fraction of sp³-hybridized carbons (Fsp3) is 0.500. The van der Waals surface area contributed by atoms with Gasteiger partial charge in [0.05, 0.1) is 0 Å². The number of nitrogens with zero attached hydrogens (tertiary/aromatic N) is 1. The fourth-order valence-electron chi connectivity index (χ4n) is 2.51. The lowest BCUT2D eigenvalue weighted by Crippen LogP contribution is -2.29. The summed E-state index contributed by atoms with van der Waals surface area (Å²) in [5.74, 6) is 1.29. The SMILES string of the molecule is N#CCOc1cccc(NC2CCCC2CN)c1. The molecule has 0 saturated heterocycles. The van der Waals surface area contributed by atoms with E-state index < -0.39 is 0 Å². The summed E-state index contributed by atoms with van der Waals surface area (Å²) in [5.41, 5.74) is 6.81. The van der Waals surface area contributed by atoms with Crippen molar-refractivity contribution in [3.63, 3.8) is 0 Å². The van der Waals surface area contributed by atoms with E-state index in [4.69, 9.17) is 15.7 Å². The number of anilines is 1. The lowest BCUT2D eigenvalue weighted by Gasteiger charge is -2.21. The standard InChI is InChI=1S/C14H19N3O/c15-7-8-18-13-5-2-4-12(9-13)17-14-6-1-3-11(14)10-16/h2,4-5,9,11,14,17H,1,3,6,8,10,16H2. The first-order valence-electron chi connectivity index (χ1n) is 6.40. The Kier molecular flexibility index (Phi) is 4.43. The highest BCUT2D eigenvalue weighted by atomic mass is 16.5. The van der Waals surface area contributed by atoms with Gasteiger partial charge in [-0.3, -0.25) is 0 Å². The summed E-state index contributed by atoms with van der Waals surface area (Å²) in [6.07, 6.45) is 3.62. The molecule has 0 bridgehead atoms. The van der Waals surface area contributed by atoms with Gasteiger partial charge in [0.25, 0.3) is 0 Å². The maximum Gasteiger partial charge on any atom is 0.174 e. The molecule has 0 amide bonds. The Morgan fingerprint density at radius 1 is 1.44 bits per heavy atom. The molecule has 0 spiro atoms. The molecule has 0 aromatic heterocycles. The van der Waals surface area contributed by atoms with Gasteiger partial charge in [-0.2, -0.15) is 5.26 Å². The number of hydrogen-bond donors (Lipinski definition) is 2. The summed E-state index contributed by atoms with van der Waals surface area (Å²) in [6.45, 7) is 0.820. The lowest BCUT2D eigenvalue weighted by atomic mass is 10.0. The van der Waals surface area contributed by atoms with Gasteiger partial charge in [0.1, 0.15) is 11.8 Å². The highest BCUT2D eigenvalue weighted by Crippen LogP contribution is 2.28. The Hall–Kier alpha value is -1.73. The molecular formula is C14H19N3O. The topological polar surface area (TPSA) is 71.1 Å². The van der Waals surface area contributed by atoms with Gasteiger partial charge in [-0.05, 0) is 37.4 Å². The van der Waals surface area contributed by atoms with Crippen LogP contribution in [0.25, 0.3) is 0 Å². The third-order valence-corrected chi connectivity index (χ3v) is 3.45. The average molecular weight is 245 g/mol. The van der Waals surface area contributed by atoms with Crippen molar-refractivity contribution < 1.29 is 4.74 Å². The number of nitrogens with two attached hydrogens (primary N) is 1. The van der Waals surface area contributed by atoms with Crippen LogP contribution in [0.5, 0.6) is 5.75 Å². The van der Waals surface area contributed by atoms with Crippen molar-refractivity contribution in [1.82, 2.24) is 0 Å². The Bertz CT molecular complexity index is 427. The quantitative estimate of drug-likeness (QED) is 0.833. The van der Waals surface area contributed by atoms with Crippen molar-refractivity contribution >= 4 is 5.69 Å². The maximum atomic E-state index is 8.49. The fourth-order valence-corrected chi connectivity index (χ4v) is 2.51. The molecule has 1 fully saturated rings. The molecule has 1 aromatic rings. The zero-order chi connectivity index (χ0) is 12.8. The number of benzene rings is 1. The van der Waals surface area contributed by atoms with Crippen molar-refractivity contribution in [2.24, 2.45) is 11.7 Å². The molecule has 4 heteroatoms. The van der Waals surface area contributed by atoms with Gasteiger partial charge in [-0.1, -0.05) is 12.5 Å². The van der Waals surface area contributed by atoms with Crippen LogP contribution in [0.2, 0.25) is 0 Å². The summed E-state index contributed by atoms with van der Waals surface area (Å²) in [5, 5.41) is 12.0. The molecule has 1 aliphatic carbocycles. The minimum atomic E-state index is 0.0817. The lowest BCUT2D eigenvalue weighted by molar-refractivity contribution is 0.368. The summed E-state index contributed by atoms with van der Waals surface area (Å²) in [7, 11) is 0. The van der Waals surface area contributed by atoms with E-state index in [2.05, 4.69) is 5.32 Å². The van der Waals surface area contributed by atoms with Gasteiger partial charge in [0.2, 0.25) is 0 Å². The molecule has 96 valence electrons. The van der Waals surface area contributed by atoms with Gasteiger partial charge in [0.15, 0.2) is 6.61 Å². The van der Waals surface area contributed by atoms with Crippen LogP contribution in [0.15, 0.2) is 24.3 Å². The average Bonchev–Trinajstić information content (AvgIpc) is 2.84. The highest BCUT2D eigenvalue weighted by molar-refractivity contribution is 5.49. The van der Waals surface area contributed by atoms with Gasteiger partial charge >= 0.3 is 0 Å². The first-order valence-corrected chi connectivity index (χ1v) is 6.40. The Balaban J connectivity index is 1.98. The number of nitrogens with one attached hydrogen (secondary N) is 1. The second kappa shape index (κ2) is 6.27. The predicted molar refractivity (Wildman–Crippen MR) is 71.4 cm³/mol. The molecule has 2 atom stereocenters. The number of rotatable bonds is 5. The maximum absolute atomic E-state index is 8.49. The molecule has 0 heterocycles. The van der Waals surface area contributed by atoms with Crippen molar-refractivity contribution in [2.45, 2.75) is 25.3 Å². The van der Waals surface area contributed by atoms with Crippen LogP contribution in [-0.2, 0) is 0 Å². The molecule has 0 radical (unpaired) electrons. The van der Waals surface area contributed by atoms with E-state index in [0.29, 0.717) is 12.0 Å². The van der Waals surface area contributed by atoms with Gasteiger partial charge < -0.3 is 15.8 Å². The third-order valence-electron chi connectivity index (χ3n) is 3.45. The van der Waals surface area contributed by atoms with Crippen molar-refractivity contribution in [3.05, 3.63) is 24.3 Å². The number of ether oxygens (including phenoxy) is 1. The third kappa shape index (κ3) is 3.14. The van der Waals surface area contributed by atoms with E-state index >= 15 is 0 Å². The van der Waals surface area contributed by atoms with E-state index in [0.717, 1.165) is 18.0 Å². The summed E-state index contributed by atoms with van der Waals surface area (Å²) in [4.78, 5) is 0. The van der Waals surface area contributed by atoms with Gasteiger partial charge in [-0.15, -0.1) is 0 Å². The van der Waals surface area contributed by atoms with Gasteiger partial charge in [-0.25, -0.2) is 0 Å². The normalized spacial score (nSPS) is 22.4. The number of nitriles is 1. The van der Waals surface area contributed by atoms with E-state index in [1.165, 1.54) is 19.3 Å². The number of hydrogen-bond acceptors (Lipinski definition) is 4. The van der Waals surface area contributed by atoms with E-state index in [1.54, 1.807) is 0 Å². The zero-order valence-electron chi connectivity index (χ0n) is 10.4. The van der Waals surface area contributed by atoms with Crippen LogP contribution in [0.4, 0.5) is 5.69 Å². The predicted octanol–water partition coefficient (Wildman–Crippen LogP) is 2.13. The van der Waals surface area contributed by atoms with Crippen LogP contribution in [-0.4, -0.2) is 19.2 Å². The molecule has 3 N–H and O–H groups in total. The van der Waals surface area contributed by atoms with E-state index in [1.807, 2.05) is 30.3 Å². The van der Waals surface area contributed by atoms with Crippen LogP contribution in [0, 0.1) is 17.2 Å². The molecule has 0 aliphatic heterocycles. The Morgan fingerprint density at radius 3 is 3.11 bits per heavy atom. The highest BCUT2D eigenvalue weighted by Gasteiger charge is 2.25. The monoisotopic (exact) mass is 245 g/mol. The summed E-state index contributed by atoms with van der Waals surface area (Å²) >= 11 is 0. The second-order valence-corrected chi connectivity index (χ2v) is 4.65.